The van der Waals surface area contributed by atoms with Crippen LogP contribution in [0.5, 0.6) is 0 Å². The van der Waals surface area contributed by atoms with Crippen molar-refractivity contribution in [2.24, 2.45) is 7.05 Å². The van der Waals surface area contributed by atoms with E-state index >= 15 is 0 Å². The van der Waals surface area contributed by atoms with E-state index in [1.165, 1.54) is 0 Å². The Morgan fingerprint density at radius 3 is 2.55 bits per heavy atom. The Kier molecular flexibility index (Phi) is 5.07. The van der Waals surface area contributed by atoms with Crippen LogP contribution in [0.2, 0.25) is 0 Å². The molecule has 2 N–H and O–H groups in total. The molecule has 148 valence electrons. The van der Waals surface area contributed by atoms with Gasteiger partial charge in [-0.3, -0.25) is 4.68 Å². The Labute approximate surface area is 173 Å². The number of aryl methyl sites for hydroxylation is 2. The first kappa shape index (κ1) is 19.1. The Morgan fingerprint density at radius 1 is 1.10 bits per heavy atom. The van der Waals surface area contributed by atoms with Crippen LogP contribution in [0.15, 0.2) is 48.5 Å². The molecule has 4 rings (SSSR count). The van der Waals surface area contributed by atoms with Gasteiger partial charge in [0.05, 0.1) is 27.6 Å². The van der Waals surface area contributed by atoms with E-state index in [2.05, 4.69) is 21.8 Å². The molecule has 0 bridgehead atoms. The maximum absolute atomic E-state index is 12.7. The predicted octanol–water partition coefficient (Wildman–Crippen LogP) is 5.20. The SMILES string of the molecule is Cc1nn(C)c(C)c1C(C)NC(=O)Nc1ccccc1-c1nc2ccccc2s1. The van der Waals surface area contributed by atoms with Gasteiger partial charge in [0.25, 0.3) is 0 Å². The van der Waals surface area contributed by atoms with Crippen LogP contribution < -0.4 is 10.6 Å². The Hall–Kier alpha value is -3.19. The molecule has 1 atom stereocenters. The highest BCUT2D eigenvalue weighted by Gasteiger charge is 2.19. The molecule has 0 saturated carbocycles. The van der Waals surface area contributed by atoms with Crippen molar-refractivity contribution < 1.29 is 4.79 Å². The van der Waals surface area contributed by atoms with Gasteiger partial charge < -0.3 is 10.6 Å². The molecule has 6 nitrogen and oxygen atoms in total. The van der Waals surface area contributed by atoms with Gasteiger partial charge in [-0.1, -0.05) is 24.3 Å². The number of hydrogen-bond donors (Lipinski definition) is 2. The van der Waals surface area contributed by atoms with Gasteiger partial charge >= 0.3 is 6.03 Å². The summed E-state index contributed by atoms with van der Waals surface area (Å²) in [6.45, 7) is 5.94. The molecule has 2 aromatic carbocycles. The fourth-order valence-corrected chi connectivity index (χ4v) is 4.62. The minimum absolute atomic E-state index is 0.154. The zero-order valence-electron chi connectivity index (χ0n) is 16.9. The number of nitrogens with zero attached hydrogens (tertiary/aromatic N) is 3. The summed E-state index contributed by atoms with van der Waals surface area (Å²) in [5, 5.41) is 11.3. The number of hydrogen-bond acceptors (Lipinski definition) is 4. The summed E-state index contributed by atoms with van der Waals surface area (Å²) in [6, 6.07) is 15.4. The smallest absolute Gasteiger partial charge is 0.319 e. The van der Waals surface area contributed by atoms with E-state index in [0.717, 1.165) is 43.4 Å². The van der Waals surface area contributed by atoms with Crippen molar-refractivity contribution in [2.75, 3.05) is 5.32 Å². The zero-order chi connectivity index (χ0) is 20.5. The standard InChI is InChI=1S/C22H23N5OS/c1-13(20-14(2)26-27(4)15(20)3)23-22(28)25-17-10-6-5-9-16(17)21-24-18-11-7-8-12-19(18)29-21/h5-13H,1-4H3,(H2,23,25,28). The Morgan fingerprint density at radius 2 is 1.83 bits per heavy atom. The van der Waals surface area contributed by atoms with Gasteiger partial charge in [0.15, 0.2) is 0 Å². The van der Waals surface area contributed by atoms with Crippen molar-refractivity contribution in [1.82, 2.24) is 20.1 Å². The molecule has 2 amide bonds. The maximum Gasteiger partial charge on any atom is 0.319 e. The highest BCUT2D eigenvalue weighted by atomic mass is 32.1. The zero-order valence-corrected chi connectivity index (χ0v) is 17.7. The summed E-state index contributed by atoms with van der Waals surface area (Å²) in [6.07, 6.45) is 0. The molecule has 0 aliphatic rings. The fourth-order valence-electron chi connectivity index (χ4n) is 3.61. The summed E-state index contributed by atoms with van der Waals surface area (Å²) in [4.78, 5) is 17.4. The minimum atomic E-state index is -0.256. The number of carbonyl (C=O) groups is 1. The van der Waals surface area contributed by atoms with Gasteiger partial charge in [-0.2, -0.15) is 5.10 Å². The number of carbonyl (C=O) groups excluding carboxylic acids is 1. The van der Waals surface area contributed by atoms with Gasteiger partial charge in [0.1, 0.15) is 5.01 Å². The lowest BCUT2D eigenvalue weighted by Gasteiger charge is -2.16. The van der Waals surface area contributed by atoms with Crippen LogP contribution in [0.3, 0.4) is 0 Å². The molecule has 0 aliphatic heterocycles. The summed E-state index contributed by atoms with van der Waals surface area (Å²) in [5.74, 6) is 0. The predicted molar refractivity (Wildman–Crippen MR) is 118 cm³/mol. The first-order valence-corrected chi connectivity index (χ1v) is 10.3. The highest BCUT2D eigenvalue weighted by molar-refractivity contribution is 7.21. The molecule has 4 aromatic rings. The highest BCUT2D eigenvalue weighted by Crippen LogP contribution is 2.34. The number of nitrogens with one attached hydrogen (secondary N) is 2. The molecular weight excluding hydrogens is 382 g/mol. The molecule has 0 saturated heterocycles. The van der Waals surface area contributed by atoms with E-state index < -0.39 is 0 Å². The van der Waals surface area contributed by atoms with Crippen molar-refractivity contribution in [3.8, 4) is 10.6 Å². The molecule has 1 unspecified atom stereocenters. The molecule has 0 fully saturated rings. The summed E-state index contributed by atoms with van der Waals surface area (Å²) in [5.41, 5.74) is 5.61. The number of fused-ring (bicyclic) bond motifs is 1. The van der Waals surface area contributed by atoms with Crippen LogP contribution in [0.25, 0.3) is 20.8 Å². The van der Waals surface area contributed by atoms with E-state index in [4.69, 9.17) is 4.98 Å². The van der Waals surface area contributed by atoms with Gasteiger partial charge in [-0.15, -0.1) is 11.3 Å². The number of benzene rings is 2. The molecule has 0 aliphatic carbocycles. The molecule has 0 spiro atoms. The lowest BCUT2D eigenvalue weighted by Crippen LogP contribution is -2.31. The van der Waals surface area contributed by atoms with Gasteiger partial charge in [0, 0.05) is 23.9 Å². The van der Waals surface area contributed by atoms with Gasteiger partial charge in [-0.05, 0) is 45.0 Å². The minimum Gasteiger partial charge on any atom is -0.331 e. The molecular formula is C22H23N5OS. The van der Waals surface area contributed by atoms with Crippen LogP contribution >= 0.6 is 11.3 Å². The van der Waals surface area contributed by atoms with E-state index in [9.17, 15) is 4.79 Å². The third-order valence-electron chi connectivity index (χ3n) is 5.05. The molecule has 2 heterocycles. The number of urea groups is 1. The molecule has 29 heavy (non-hydrogen) atoms. The number of para-hydroxylation sites is 2. The molecule has 0 radical (unpaired) electrons. The topological polar surface area (TPSA) is 71.8 Å². The van der Waals surface area contributed by atoms with E-state index in [1.807, 2.05) is 75.0 Å². The van der Waals surface area contributed by atoms with Crippen LogP contribution in [-0.4, -0.2) is 20.8 Å². The number of thiazole rings is 1. The molecule has 2 aromatic heterocycles. The average Bonchev–Trinajstić information content (AvgIpc) is 3.22. The van der Waals surface area contributed by atoms with Crippen molar-refractivity contribution >= 4 is 33.3 Å². The quantitative estimate of drug-likeness (QED) is 0.490. The first-order valence-electron chi connectivity index (χ1n) is 9.46. The second-order valence-corrected chi connectivity index (χ2v) is 8.09. The third kappa shape index (κ3) is 3.73. The van der Waals surface area contributed by atoms with Crippen LogP contribution in [0.1, 0.15) is 29.9 Å². The van der Waals surface area contributed by atoms with Crippen molar-refractivity contribution in [3.05, 3.63) is 65.5 Å². The van der Waals surface area contributed by atoms with Crippen molar-refractivity contribution in [3.63, 3.8) is 0 Å². The monoisotopic (exact) mass is 405 g/mol. The van der Waals surface area contributed by atoms with Crippen molar-refractivity contribution in [2.45, 2.75) is 26.8 Å². The number of aromatic nitrogens is 3. The largest absolute Gasteiger partial charge is 0.331 e. The first-order chi connectivity index (χ1) is 13.9. The normalized spacial score (nSPS) is 12.1. The van der Waals surface area contributed by atoms with Crippen LogP contribution in [0, 0.1) is 13.8 Å². The lowest BCUT2D eigenvalue weighted by atomic mass is 10.1. The van der Waals surface area contributed by atoms with E-state index in [0.29, 0.717) is 0 Å². The number of rotatable bonds is 4. The number of amides is 2. The second-order valence-electron chi connectivity index (χ2n) is 7.06. The third-order valence-corrected chi connectivity index (χ3v) is 6.11. The summed E-state index contributed by atoms with van der Waals surface area (Å²) < 4.78 is 2.96. The lowest BCUT2D eigenvalue weighted by molar-refractivity contribution is 0.249. The van der Waals surface area contributed by atoms with Crippen molar-refractivity contribution in [1.29, 1.82) is 0 Å². The van der Waals surface area contributed by atoms with Crippen LogP contribution in [0.4, 0.5) is 10.5 Å². The average molecular weight is 406 g/mol. The fraction of sp³-hybridized carbons (Fsp3) is 0.227. The van der Waals surface area contributed by atoms with E-state index in [1.54, 1.807) is 11.3 Å². The summed E-state index contributed by atoms with van der Waals surface area (Å²) in [7, 11) is 1.91. The maximum atomic E-state index is 12.7. The number of anilines is 1. The Balaban J connectivity index is 1.56. The van der Waals surface area contributed by atoms with Gasteiger partial charge in [0.2, 0.25) is 0 Å². The Bertz CT molecular complexity index is 1160. The molecule has 7 heteroatoms. The second kappa shape index (κ2) is 7.67. The van der Waals surface area contributed by atoms with E-state index in [-0.39, 0.29) is 12.1 Å². The van der Waals surface area contributed by atoms with Crippen LogP contribution in [-0.2, 0) is 7.05 Å². The van der Waals surface area contributed by atoms with Gasteiger partial charge in [-0.25, -0.2) is 9.78 Å². The summed E-state index contributed by atoms with van der Waals surface area (Å²) >= 11 is 1.62.